The Morgan fingerprint density at radius 1 is 1.38 bits per heavy atom. The van der Waals surface area contributed by atoms with E-state index in [-0.39, 0.29) is 11.6 Å². The Balaban J connectivity index is 2.00. The Labute approximate surface area is 125 Å². The van der Waals surface area contributed by atoms with Gasteiger partial charge in [0.2, 0.25) is 5.91 Å². The predicted molar refractivity (Wildman–Crippen MR) is 84.0 cm³/mol. The quantitative estimate of drug-likeness (QED) is 0.897. The average Bonchev–Trinajstić information content (AvgIpc) is 2.42. The van der Waals surface area contributed by atoms with E-state index < -0.39 is 5.82 Å². The monoisotopic (exact) mass is 293 g/mol. The number of nitrogens with zero attached hydrogens (tertiary/aromatic N) is 1. The highest BCUT2D eigenvalue weighted by Gasteiger charge is 2.22. The number of amides is 1. The summed E-state index contributed by atoms with van der Waals surface area (Å²) in [5, 5.41) is 5.94. The molecule has 1 aromatic rings. The molecule has 0 bridgehead atoms. The highest BCUT2D eigenvalue weighted by atomic mass is 19.1. The van der Waals surface area contributed by atoms with Crippen LogP contribution in [-0.2, 0) is 4.79 Å². The van der Waals surface area contributed by atoms with E-state index >= 15 is 0 Å². The normalized spacial score (nSPS) is 18.3. The highest BCUT2D eigenvalue weighted by Crippen LogP contribution is 2.25. The lowest BCUT2D eigenvalue weighted by Gasteiger charge is -2.33. The minimum absolute atomic E-state index is 0.225. The van der Waals surface area contributed by atoms with Gasteiger partial charge in [-0.1, -0.05) is 0 Å². The third-order valence-corrected chi connectivity index (χ3v) is 4.14. The van der Waals surface area contributed by atoms with Crippen LogP contribution in [0.3, 0.4) is 0 Å². The van der Waals surface area contributed by atoms with Crippen LogP contribution in [0, 0.1) is 11.7 Å². The van der Waals surface area contributed by atoms with Crippen molar-refractivity contribution in [2.24, 2.45) is 5.92 Å². The van der Waals surface area contributed by atoms with E-state index in [9.17, 15) is 9.18 Å². The summed E-state index contributed by atoms with van der Waals surface area (Å²) in [5.74, 6) is -0.0624. The van der Waals surface area contributed by atoms with Gasteiger partial charge in [-0.25, -0.2) is 4.39 Å². The van der Waals surface area contributed by atoms with Gasteiger partial charge in [-0.2, -0.15) is 0 Å². The Bertz CT molecular complexity index is 498. The predicted octanol–water partition coefficient (Wildman–Crippen LogP) is 2.93. The van der Waals surface area contributed by atoms with Gasteiger partial charge in [0.1, 0.15) is 5.82 Å². The number of likely N-dealkylation sites (tertiary alicyclic amines) is 1. The first kappa shape index (κ1) is 15.8. The maximum absolute atomic E-state index is 13.6. The fraction of sp³-hybridized carbons (Fsp3) is 0.562. The van der Waals surface area contributed by atoms with Crippen LogP contribution in [0.5, 0.6) is 0 Å². The zero-order valence-electron chi connectivity index (χ0n) is 12.9. The van der Waals surface area contributed by atoms with Crippen LogP contribution in [-0.4, -0.2) is 37.0 Å². The minimum Gasteiger partial charge on any atom is -0.382 e. The maximum atomic E-state index is 13.6. The molecule has 0 saturated carbocycles. The number of halogens is 1. The van der Waals surface area contributed by atoms with Crippen molar-refractivity contribution in [3.63, 3.8) is 0 Å². The van der Waals surface area contributed by atoms with E-state index in [0.29, 0.717) is 12.0 Å². The molecular weight excluding hydrogens is 269 g/mol. The molecule has 1 aliphatic rings. The summed E-state index contributed by atoms with van der Waals surface area (Å²) in [6.07, 6.45) is 2.34. The SMILES string of the molecule is CC(=O)Nc1cc(NC(C)C2CCN(C)CC2)ccc1F. The number of nitrogens with one attached hydrogen (secondary N) is 2. The number of rotatable bonds is 4. The molecule has 4 nitrogen and oxygen atoms in total. The van der Waals surface area contributed by atoms with Crippen molar-refractivity contribution >= 4 is 17.3 Å². The first-order chi connectivity index (χ1) is 9.95. The zero-order chi connectivity index (χ0) is 15.4. The zero-order valence-corrected chi connectivity index (χ0v) is 12.9. The summed E-state index contributed by atoms with van der Waals surface area (Å²) in [7, 11) is 2.15. The van der Waals surface area contributed by atoms with Crippen LogP contribution in [0.1, 0.15) is 26.7 Å². The molecule has 0 aromatic heterocycles. The number of carbonyl (C=O) groups is 1. The molecule has 2 N–H and O–H groups in total. The maximum Gasteiger partial charge on any atom is 0.221 e. The van der Waals surface area contributed by atoms with Gasteiger partial charge in [0.15, 0.2) is 0 Å². The second-order valence-corrected chi connectivity index (χ2v) is 5.95. The van der Waals surface area contributed by atoms with Crippen molar-refractivity contribution in [2.75, 3.05) is 30.8 Å². The van der Waals surface area contributed by atoms with E-state index in [2.05, 4.69) is 29.5 Å². The fourth-order valence-corrected chi connectivity index (χ4v) is 2.81. The number of benzene rings is 1. The Kier molecular flexibility index (Phi) is 5.17. The van der Waals surface area contributed by atoms with Crippen molar-refractivity contribution in [3.8, 4) is 0 Å². The number of carbonyl (C=O) groups excluding carboxylic acids is 1. The van der Waals surface area contributed by atoms with Gasteiger partial charge in [-0.05, 0) is 64.0 Å². The molecule has 2 rings (SSSR count). The van der Waals surface area contributed by atoms with E-state index in [1.54, 1.807) is 12.1 Å². The molecule has 1 atom stereocenters. The highest BCUT2D eigenvalue weighted by molar-refractivity contribution is 5.89. The van der Waals surface area contributed by atoms with Crippen LogP contribution in [0.15, 0.2) is 18.2 Å². The summed E-state index contributed by atoms with van der Waals surface area (Å²) in [4.78, 5) is 13.4. The Hall–Kier alpha value is -1.62. The van der Waals surface area contributed by atoms with Crippen LogP contribution < -0.4 is 10.6 Å². The summed E-state index contributed by atoms with van der Waals surface area (Å²) in [6, 6.07) is 5.08. The molecule has 116 valence electrons. The molecule has 1 saturated heterocycles. The molecule has 1 heterocycles. The second-order valence-electron chi connectivity index (χ2n) is 5.95. The van der Waals surface area contributed by atoms with Gasteiger partial charge in [0.05, 0.1) is 5.69 Å². The number of hydrogen-bond acceptors (Lipinski definition) is 3. The van der Waals surface area contributed by atoms with Crippen molar-refractivity contribution in [2.45, 2.75) is 32.7 Å². The lowest BCUT2D eigenvalue weighted by atomic mass is 9.90. The smallest absolute Gasteiger partial charge is 0.221 e. The third-order valence-electron chi connectivity index (χ3n) is 4.14. The van der Waals surface area contributed by atoms with Crippen molar-refractivity contribution in [1.82, 2.24) is 4.90 Å². The number of piperidine rings is 1. The van der Waals surface area contributed by atoms with Crippen LogP contribution >= 0.6 is 0 Å². The molecule has 1 amide bonds. The first-order valence-electron chi connectivity index (χ1n) is 7.48. The fourth-order valence-electron chi connectivity index (χ4n) is 2.81. The minimum atomic E-state index is -0.414. The molecule has 5 heteroatoms. The van der Waals surface area contributed by atoms with Gasteiger partial charge >= 0.3 is 0 Å². The molecule has 0 spiro atoms. The summed E-state index contributed by atoms with van der Waals surface area (Å²) < 4.78 is 13.6. The van der Waals surface area contributed by atoms with Crippen molar-refractivity contribution < 1.29 is 9.18 Å². The topological polar surface area (TPSA) is 44.4 Å². The molecule has 1 aromatic carbocycles. The van der Waals surface area contributed by atoms with E-state index in [1.807, 2.05) is 0 Å². The van der Waals surface area contributed by atoms with Crippen LogP contribution in [0.25, 0.3) is 0 Å². The first-order valence-corrected chi connectivity index (χ1v) is 7.48. The Morgan fingerprint density at radius 2 is 2.05 bits per heavy atom. The average molecular weight is 293 g/mol. The molecule has 1 aliphatic heterocycles. The molecule has 1 fully saturated rings. The van der Waals surface area contributed by atoms with Gasteiger partial charge in [-0.15, -0.1) is 0 Å². The van der Waals surface area contributed by atoms with Crippen LogP contribution in [0.4, 0.5) is 15.8 Å². The van der Waals surface area contributed by atoms with E-state index in [1.165, 1.54) is 25.8 Å². The lowest BCUT2D eigenvalue weighted by Crippen LogP contribution is -2.37. The third kappa shape index (κ3) is 4.43. The second kappa shape index (κ2) is 6.89. The van der Waals surface area contributed by atoms with E-state index in [0.717, 1.165) is 18.8 Å². The van der Waals surface area contributed by atoms with Gasteiger partial charge in [0.25, 0.3) is 0 Å². The van der Waals surface area contributed by atoms with Gasteiger partial charge in [0, 0.05) is 18.7 Å². The largest absolute Gasteiger partial charge is 0.382 e. The van der Waals surface area contributed by atoms with Crippen LogP contribution in [0.2, 0.25) is 0 Å². The molecular formula is C16H24FN3O. The lowest BCUT2D eigenvalue weighted by molar-refractivity contribution is -0.114. The van der Waals surface area contributed by atoms with Gasteiger partial charge < -0.3 is 15.5 Å². The van der Waals surface area contributed by atoms with Gasteiger partial charge in [-0.3, -0.25) is 4.79 Å². The molecule has 1 unspecified atom stereocenters. The molecule has 0 radical (unpaired) electrons. The molecule has 21 heavy (non-hydrogen) atoms. The molecule has 0 aliphatic carbocycles. The van der Waals surface area contributed by atoms with Crippen molar-refractivity contribution in [3.05, 3.63) is 24.0 Å². The standard InChI is InChI=1S/C16H24FN3O/c1-11(13-6-8-20(3)9-7-13)18-14-4-5-15(17)16(10-14)19-12(2)21/h4-5,10-11,13,18H,6-9H2,1-3H3,(H,19,21). The summed E-state index contributed by atoms with van der Waals surface area (Å²) in [6.45, 7) is 5.78. The number of anilines is 2. The van der Waals surface area contributed by atoms with Crippen molar-refractivity contribution in [1.29, 1.82) is 0 Å². The summed E-state index contributed by atoms with van der Waals surface area (Å²) in [5.41, 5.74) is 1.06. The van der Waals surface area contributed by atoms with E-state index in [4.69, 9.17) is 0 Å². The summed E-state index contributed by atoms with van der Waals surface area (Å²) >= 11 is 0. The number of hydrogen-bond donors (Lipinski definition) is 2. The Morgan fingerprint density at radius 3 is 2.67 bits per heavy atom.